The Morgan fingerprint density at radius 3 is 2.91 bits per heavy atom. The summed E-state index contributed by atoms with van der Waals surface area (Å²) in [7, 11) is 0. The molecule has 10 nitrogen and oxygen atoms in total. The average molecular weight is 493 g/mol. The first-order valence-electron chi connectivity index (χ1n) is 11.6. The van der Waals surface area contributed by atoms with Crippen LogP contribution in [-0.4, -0.2) is 66.4 Å². The number of aliphatic hydroxyl groups excluding tert-OH is 1. The number of aliphatic hydroxyl groups is 1. The first kappa shape index (κ1) is 23.3. The zero-order chi connectivity index (χ0) is 24.2. The van der Waals surface area contributed by atoms with Gasteiger partial charge in [0.2, 0.25) is 11.1 Å². The Bertz CT molecular complexity index is 1300. The van der Waals surface area contributed by atoms with E-state index in [1.807, 2.05) is 55.6 Å². The summed E-state index contributed by atoms with van der Waals surface area (Å²) in [5.41, 5.74) is 2.56. The van der Waals surface area contributed by atoms with Crippen LogP contribution in [0.4, 0.5) is 17.3 Å². The first-order chi connectivity index (χ1) is 17.1. The van der Waals surface area contributed by atoms with Crippen molar-refractivity contribution in [3.05, 3.63) is 54.4 Å². The van der Waals surface area contributed by atoms with Crippen LogP contribution in [0.25, 0.3) is 5.52 Å². The molecule has 0 radical (unpaired) electrons. The smallest absolute Gasteiger partial charge is 0.238 e. The fraction of sp³-hybridized carbons (Fsp3) is 0.333. The summed E-state index contributed by atoms with van der Waals surface area (Å²) < 4.78 is 1.79. The van der Waals surface area contributed by atoms with E-state index < -0.39 is 0 Å². The Labute approximate surface area is 207 Å². The average Bonchev–Trinajstić information content (AvgIpc) is 3.58. The van der Waals surface area contributed by atoms with Gasteiger partial charge in [0.1, 0.15) is 5.52 Å². The molecule has 3 aromatic heterocycles. The molecule has 1 unspecified atom stereocenters. The third-order valence-electron chi connectivity index (χ3n) is 5.98. The topological polar surface area (TPSA) is 123 Å². The first-order valence-corrected chi connectivity index (χ1v) is 12.5. The summed E-state index contributed by atoms with van der Waals surface area (Å²) in [5.74, 6) is 1.32. The number of likely N-dealkylation sites (tertiary alicyclic amines) is 1. The Morgan fingerprint density at radius 1 is 1.29 bits per heavy atom. The van der Waals surface area contributed by atoms with Crippen LogP contribution in [0.2, 0.25) is 0 Å². The minimum atomic E-state index is -0.0408. The summed E-state index contributed by atoms with van der Waals surface area (Å²) in [6.45, 7) is 3.34. The van der Waals surface area contributed by atoms with E-state index in [2.05, 4.69) is 30.8 Å². The molecule has 4 heterocycles. The normalized spacial score (nSPS) is 16.1. The number of nitrogens with zero attached hydrogens (tertiary/aromatic N) is 5. The lowest BCUT2D eigenvalue weighted by Gasteiger charge is -2.23. The lowest BCUT2D eigenvalue weighted by atomic mass is 10.1. The van der Waals surface area contributed by atoms with Gasteiger partial charge in [-0.2, -0.15) is 5.10 Å². The van der Waals surface area contributed by atoms with Crippen LogP contribution >= 0.6 is 11.8 Å². The molecular formula is C24H28N8O2S. The Hall–Kier alpha value is -3.41. The largest absolute Gasteiger partial charge is 0.396 e. The fourth-order valence-electron chi connectivity index (χ4n) is 4.33. The number of rotatable bonds is 9. The van der Waals surface area contributed by atoms with Crippen LogP contribution in [0.1, 0.15) is 25.0 Å². The van der Waals surface area contributed by atoms with Crippen molar-refractivity contribution in [3.8, 4) is 0 Å². The third-order valence-corrected chi connectivity index (χ3v) is 6.84. The Morgan fingerprint density at radius 2 is 2.14 bits per heavy atom. The van der Waals surface area contributed by atoms with Crippen molar-refractivity contribution in [2.24, 2.45) is 0 Å². The number of anilines is 3. The van der Waals surface area contributed by atoms with E-state index in [4.69, 9.17) is 4.98 Å². The second-order valence-corrected chi connectivity index (χ2v) is 9.64. The van der Waals surface area contributed by atoms with Crippen LogP contribution in [0.3, 0.4) is 0 Å². The van der Waals surface area contributed by atoms with Gasteiger partial charge in [-0.3, -0.25) is 14.8 Å². The van der Waals surface area contributed by atoms with Gasteiger partial charge in [0.25, 0.3) is 0 Å². The maximum Gasteiger partial charge on any atom is 0.238 e. The van der Waals surface area contributed by atoms with Crippen LogP contribution in [0.5, 0.6) is 0 Å². The van der Waals surface area contributed by atoms with Gasteiger partial charge in [-0.15, -0.1) is 5.10 Å². The van der Waals surface area contributed by atoms with Crippen molar-refractivity contribution < 1.29 is 9.90 Å². The lowest BCUT2D eigenvalue weighted by molar-refractivity contribution is -0.117. The molecule has 1 aromatic carbocycles. The SMILES string of the molecule is Cc1cc(Nc2nc(Sc3ccc(NC(=O)CN4CCCC4CCO)cc3)nn3cccc23)n[nH]1. The molecule has 11 heteroatoms. The Kier molecular flexibility index (Phi) is 6.98. The molecule has 1 aliphatic rings. The number of carbonyl (C=O) groups excluding carboxylic acids is 1. The number of aromatic nitrogens is 5. The van der Waals surface area contributed by atoms with E-state index in [1.165, 1.54) is 11.8 Å². The van der Waals surface area contributed by atoms with E-state index in [1.54, 1.807) is 4.52 Å². The summed E-state index contributed by atoms with van der Waals surface area (Å²) in [6, 6.07) is 13.7. The third kappa shape index (κ3) is 5.64. The molecule has 0 bridgehead atoms. The maximum atomic E-state index is 12.5. The van der Waals surface area contributed by atoms with Gasteiger partial charge in [0, 0.05) is 41.2 Å². The van der Waals surface area contributed by atoms with E-state index in [0.717, 1.165) is 41.2 Å². The van der Waals surface area contributed by atoms with Gasteiger partial charge in [-0.25, -0.2) is 9.50 Å². The van der Waals surface area contributed by atoms with Gasteiger partial charge in [-0.05, 0) is 80.9 Å². The molecule has 1 fully saturated rings. The number of carbonyl (C=O) groups is 1. The van der Waals surface area contributed by atoms with Gasteiger partial charge in [0.15, 0.2) is 11.6 Å². The quantitative estimate of drug-likeness (QED) is 0.280. The zero-order valence-corrected chi connectivity index (χ0v) is 20.3. The number of benzene rings is 1. The van der Waals surface area contributed by atoms with Crippen molar-refractivity contribution in [3.63, 3.8) is 0 Å². The molecule has 1 saturated heterocycles. The van der Waals surface area contributed by atoms with Gasteiger partial charge in [-0.1, -0.05) is 0 Å². The standard InChI is InChI=1S/C24H28N8O2S/c1-16-14-21(29-28-16)26-23-20-5-3-12-32(20)30-24(27-23)35-19-8-6-17(7-9-19)25-22(34)15-31-11-2-4-18(31)10-13-33/h3,5-9,12,14,18,33H,2,4,10-11,13,15H2,1H3,(H,25,34)(H2,26,27,28,29,30). The van der Waals surface area contributed by atoms with Crippen molar-refractivity contribution in [1.29, 1.82) is 0 Å². The predicted octanol–water partition coefficient (Wildman–Crippen LogP) is 3.44. The predicted molar refractivity (Wildman–Crippen MR) is 135 cm³/mol. The fourth-order valence-corrected chi connectivity index (χ4v) is 5.08. The highest BCUT2D eigenvalue weighted by Gasteiger charge is 2.25. The number of aromatic amines is 1. The highest BCUT2D eigenvalue weighted by atomic mass is 32.2. The van der Waals surface area contributed by atoms with E-state index in [9.17, 15) is 9.90 Å². The van der Waals surface area contributed by atoms with Gasteiger partial charge < -0.3 is 15.7 Å². The minimum absolute atomic E-state index is 0.0408. The number of hydrogen-bond acceptors (Lipinski definition) is 8. The molecule has 0 aliphatic carbocycles. The van der Waals surface area contributed by atoms with Gasteiger partial charge in [0.05, 0.1) is 6.54 Å². The maximum absolute atomic E-state index is 12.5. The summed E-state index contributed by atoms with van der Waals surface area (Å²) >= 11 is 1.44. The number of aryl methyl sites for hydroxylation is 1. The second-order valence-electron chi connectivity index (χ2n) is 8.60. The molecule has 5 rings (SSSR count). The number of H-pyrrole nitrogens is 1. The second kappa shape index (κ2) is 10.5. The molecular weight excluding hydrogens is 464 g/mol. The van der Waals surface area contributed by atoms with E-state index in [-0.39, 0.29) is 12.5 Å². The van der Waals surface area contributed by atoms with Crippen molar-refractivity contribution in [2.75, 3.05) is 30.3 Å². The summed E-state index contributed by atoms with van der Waals surface area (Å²) in [6.07, 6.45) is 4.70. The molecule has 0 spiro atoms. The molecule has 0 saturated carbocycles. The Balaban J connectivity index is 1.24. The molecule has 1 aliphatic heterocycles. The number of hydrogen-bond donors (Lipinski definition) is 4. The molecule has 4 aromatic rings. The lowest BCUT2D eigenvalue weighted by Crippen LogP contribution is -2.37. The molecule has 182 valence electrons. The minimum Gasteiger partial charge on any atom is -0.396 e. The zero-order valence-electron chi connectivity index (χ0n) is 19.4. The van der Waals surface area contributed by atoms with Crippen LogP contribution in [-0.2, 0) is 4.79 Å². The molecule has 35 heavy (non-hydrogen) atoms. The molecule has 1 atom stereocenters. The van der Waals surface area contributed by atoms with Gasteiger partial charge >= 0.3 is 0 Å². The van der Waals surface area contributed by atoms with Crippen molar-refractivity contribution in [2.45, 2.75) is 42.3 Å². The number of nitrogens with one attached hydrogen (secondary N) is 3. The monoisotopic (exact) mass is 492 g/mol. The molecule has 4 N–H and O–H groups in total. The van der Waals surface area contributed by atoms with Crippen molar-refractivity contribution in [1.82, 2.24) is 29.7 Å². The molecule has 1 amide bonds. The van der Waals surface area contributed by atoms with Crippen LogP contribution in [0.15, 0.2) is 58.7 Å². The number of amides is 1. The summed E-state index contributed by atoms with van der Waals surface area (Å²) in [4.78, 5) is 20.3. The van der Waals surface area contributed by atoms with Crippen LogP contribution in [0, 0.1) is 6.92 Å². The van der Waals surface area contributed by atoms with E-state index in [0.29, 0.717) is 35.8 Å². The van der Waals surface area contributed by atoms with Crippen LogP contribution < -0.4 is 10.6 Å². The number of fused-ring (bicyclic) bond motifs is 1. The highest BCUT2D eigenvalue weighted by Crippen LogP contribution is 2.29. The summed E-state index contributed by atoms with van der Waals surface area (Å²) in [5, 5.41) is 27.8. The van der Waals surface area contributed by atoms with E-state index >= 15 is 0 Å². The van der Waals surface area contributed by atoms with Crippen molar-refractivity contribution >= 4 is 40.5 Å². The highest BCUT2D eigenvalue weighted by molar-refractivity contribution is 7.99.